The molecular weight excluding hydrogens is 414 g/mol. The van der Waals surface area contributed by atoms with Crippen LogP contribution in [-0.4, -0.2) is 33.2 Å². The lowest BCUT2D eigenvalue weighted by Gasteiger charge is -2.10. The van der Waals surface area contributed by atoms with Gasteiger partial charge < -0.3 is 9.30 Å². The second-order valence-electron chi connectivity index (χ2n) is 7.29. The average Bonchev–Trinajstić information content (AvgIpc) is 3.43. The monoisotopic (exact) mass is 437 g/mol. The number of carbonyl (C=O) groups is 2. The number of hydrogen-bond acceptors (Lipinski definition) is 6. The van der Waals surface area contributed by atoms with Crippen LogP contribution in [0.2, 0.25) is 0 Å². The van der Waals surface area contributed by atoms with E-state index in [0.29, 0.717) is 17.1 Å². The lowest BCUT2D eigenvalue weighted by molar-refractivity contribution is -0.123. The van der Waals surface area contributed by atoms with E-state index in [1.165, 1.54) is 11.1 Å². The van der Waals surface area contributed by atoms with E-state index in [0.717, 1.165) is 30.0 Å². The van der Waals surface area contributed by atoms with Gasteiger partial charge in [0.1, 0.15) is 12.1 Å². The minimum Gasteiger partial charge on any atom is -0.484 e. The number of hydrazine groups is 1. The van der Waals surface area contributed by atoms with E-state index in [1.807, 2.05) is 41.9 Å². The second kappa shape index (κ2) is 9.65. The van der Waals surface area contributed by atoms with Gasteiger partial charge in [-0.05, 0) is 60.2 Å². The Balaban J connectivity index is 1.21. The molecule has 2 amide bonds. The molecule has 160 valence electrons. The van der Waals surface area contributed by atoms with Gasteiger partial charge in [-0.25, -0.2) is 0 Å². The maximum atomic E-state index is 12.3. The molecule has 2 aromatic carbocycles. The van der Waals surface area contributed by atoms with Gasteiger partial charge in [0.25, 0.3) is 11.8 Å². The van der Waals surface area contributed by atoms with E-state index in [-0.39, 0.29) is 6.61 Å². The highest BCUT2D eigenvalue weighted by Gasteiger charge is 2.12. The van der Waals surface area contributed by atoms with Crippen molar-refractivity contribution in [2.24, 2.45) is 7.05 Å². The molecule has 0 radical (unpaired) electrons. The Morgan fingerprint density at radius 3 is 2.68 bits per heavy atom. The summed E-state index contributed by atoms with van der Waals surface area (Å²) in [7, 11) is 1.89. The molecule has 0 bridgehead atoms. The Morgan fingerprint density at radius 2 is 1.90 bits per heavy atom. The Bertz CT molecular complexity index is 1080. The number of aryl methyl sites for hydroxylation is 3. The summed E-state index contributed by atoms with van der Waals surface area (Å²) >= 11 is 1.56. The fourth-order valence-corrected chi connectivity index (χ4v) is 4.17. The molecule has 8 nitrogen and oxygen atoms in total. The summed E-state index contributed by atoms with van der Waals surface area (Å²) in [5.41, 5.74) is 8.93. The molecule has 0 saturated carbocycles. The van der Waals surface area contributed by atoms with Crippen molar-refractivity contribution in [2.75, 3.05) is 6.61 Å². The number of fused-ring (bicyclic) bond motifs is 1. The standard InChI is InChI=1S/C22H23N5O3S/c1-27-14-23-26-22(27)31-13-15-5-7-17(8-6-15)21(29)25-24-20(28)12-30-19-10-9-16-3-2-4-18(16)11-19/h5-11,14H,2-4,12-13H2,1H3,(H,24,28)(H,25,29). The van der Waals surface area contributed by atoms with Crippen LogP contribution in [0.3, 0.4) is 0 Å². The number of aromatic nitrogens is 3. The van der Waals surface area contributed by atoms with Gasteiger partial charge >= 0.3 is 0 Å². The number of carbonyl (C=O) groups excluding carboxylic acids is 2. The molecule has 0 unspecified atom stereocenters. The van der Waals surface area contributed by atoms with E-state index >= 15 is 0 Å². The number of thioether (sulfide) groups is 1. The van der Waals surface area contributed by atoms with Crippen LogP contribution in [0, 0.1) is 0 Å². The van der Waals surface area contributed by atoms with Crippen LogP contribution >= 0.6 is 11.8 Å². The van der Waals surface area contributed by atoms with Gasteiger partial charge in [0.15, 0.2) is 11.8 Å². The topological polar surface area (TPSA) is 98.1 Å². The summed E-state index contributed by atoms with van der Waals surface area (Å²) in [6.45, 7) is -0.169. The van der Waals surface area contributed by atoms with Crippen LogP contribution in [0.25, 0.3) is 0 Å². The number of amides is 2. The first-order valence-electron chi connectivity index (χ1n) is 9.98. The zero-order chi connectivity index (χ0) is 21.6. The van der Waals surface area contributed by atoms with Gasteiger partial charge in [-0.15, -0.1) is 10.2 Å². The van der Waals surface area contributed by atoms with Crippen molar-refractivity contribution in [2.45, 2.75) is 30.2 Å². The molecule has 4 rings (SSSR count). The summed E-state index contributed by atoms with van der Waals surface area (Å²) in [5.74, 6) is 0.561. The molecule has 0 atom stereocenters. The first-order chi connectivity index (χ1) is 15.1. The predicted octanol–water partition coefficient (Wildman–Crippen LogP) is 2.44. The Morgan fingerprint density at radius 1 is 1.10 bits per heavy atom. The number of benzene rings is 2. The van der Waals surface area contributed by atoms with Crippen molar-refractivity contribution in [1.29, 1.82) is 0 Å². The number of nitrogens with one attached hydrogen (secondary N) is 2. The van der Waals surface area contributed by atoms with Gasteiger partial charge in [0.05, 0.1) is 0 Å². The first-order valence-corrected chi connectivity index (χ1v) is 11.0. The first kappa shape index (κ1) is 20.9. The van der Waals surface area contributed by atoms with Gasteiger partial charge in [0.2, 0.25) is 0 Å². The van der Waals surface area contributed by atoms with Crippen molar-refractivity contribution in [3.8, 4) is 5.75 Å². The predicted molar refractivity (Wildman–Crippen MR) is 117 cm³/mol. The lowest BCUT2D eigenvalue weighted by Crippen LogP contribution is -2.43. The molecule has 0 saturated heterocycles. The van der Waals surface area contributed by atoms with E-state index in [9.17, 15) is 9.59 Å². The van der Waals surface area contributed by atoms with Crippen molar-refractivity contribution >= 4 is 23.6 Å². The van der Waals surface area contributed by atoms with Crippen LogP contribution in [0.15, 0.2) is 53.9 Å². The van der Waals surface area contributed by atoms with Gasteiger partial charge in [0, 0.05) is 18.4 Å². The summed E-state index contributed by atoms with van der Waals surface area (Å²) in [5, 5.41) is 8.70. The van der Waals surface area contributed by atoms with Crippen LogP contribution in [0.4, 0.5) is 0 Å². The highest BCUT2D eigenvalue weighted by Crippen LogP contribution is 2.26. The number of ether oxygens (including phenoxy) is 1. The van der Waals surface area contributed by atoms with Crippen LogP contribution < -0.4 is 15.6 Å². The van der Waals surface area contributed by atoms with Crippen LogP contribution in [0.5, 0.6) is 5.75 Å². The molecule has 3 aromatic rings. The summed E-state index contributed by atoms with van der Waals surface area (Å²) in [6, 6.07) is 13.1. The molecule has 9 heteroatoms. The van der Waals surface area contributed by atoms with Gasteiger partial charge in [-0.2, -0.15) is 0 Å². The third-order valence-corrected chi connectivity index (χ3v) is 6.11. The number of rotatable bonds is 7. The highest BCUT2D eigenvalue weighted by atomic mass is 32.2. The Hall–Kier alpha value is -3.33. The smallest absolute Gasteiger partial charge is 0.276 e. The molecule has 1 heterocycles. The van der Waals surface area contributed by atoms with Crippen molar-refractivity contribution in [3.63, 3.8) is 0 Å². The van der Waals surface area contributed by atoms with Crippen LogP contribution in [0.1, 0.15) is 33.5 Å². The molecule has 0 fully saturated rings. The van der Waals surface area contributed by atoms with Crippen molar-refractivity contribution in [1.82, 2.24) is 25.6 Å². The maximum Gasteiger partial charge on any atom is 0.276 e. The molecule has 1 aromatic heterocycles. The lowest BCUT2D eigenvalue weighted by atomic mass is 10.1. The zero-order valence-electron chi connectivity index (χ0n) is 17.1. The second-order valence-corrected chi connectivity index (χ2v) is 8.23. The minimum absolute atomic E-state index is 0.169. The van der Waals surface area contributed by atoms with E-state index in [2.05, 4.69) is 21.0 Å². The van der Waals surface area contributed by atoms with Crippen molar-refractivity contribution < 1.29 is 14.3 Å². The largest absolute Gasteiger partial charge is 0.484 e. The summed E-state index contributed by atoms with van der Waals surface area (Å²) in [6.07, 6.45) is 4.96. The third-order valence-electron chi connectivity index (χ3n) is 5.01. The Kier molecular flexibility index (Phi) is 6.51. The van der Waals surface area contributed by atoms with Gasteiger partial charge in [-0.3, -0.25) is 20.4 Å². The highest BCUT2D eigenvalue weighted by molar-refractivity contribution is 7.98. The Labute approximate surface area is 184 Å². The quantitative estimate of drug-likeness (QED) is 0.435. The average molecular weight is 438 g/mol. The maximum absolute atomic E-state index is 12.3. The molecule has 0 spiro atoms. The molecular formula is C22H23N5O3S. The summed E-state index contributed by atoms with van der Waals surface area (Å²) < 4.78 is 7.39. The SMILES string of the molecule is Cn1cnnc1SCc1ccc(C(=O)NNC(=O)COc2ccc3c(c2)CCC3)cc1. The van der Waals surface area contributed by atoms with E-state index in [4.69, 9.17) is 4.74 Å². The summed E-state index contributed by atoms with van der Waals surface area (Å²) in [4.78, 5) is 24.3. The molecule has 2 N–H and O–H groups in total. The normalized spacial score (nSPS) is 12.3. The third kappa shape index (κ3) is 5.43. The molecule has 31 heavy (non-hydrogen) atoms. The van der Waals surface area contributed by atoms with Crippen LogP contribution in [-0.2, 0) is 30.4 Å². The fraction of sp³-hybridized carbons (Fsp3) is 0.273. The number of nitrogens with zero attached hydrogens (tertiary/aromatic N) is 3. The molecule has 1 aliphatic carbocycles. The zero-order valence-corrected chi connectivity index (χ0v) is 17.9. The minimum atomic E-state index is -0.425. The fourth-order valence-electron chi connectivity index (χ4n) is 3.33. The van der Waals surface area contributed by atoms with Crippen molar-refractivity contribution in [3.05, 3.63) is 71.0 Å². The van der Waals surface area contributed by atoms with E-state index in [1.54, 1.807) is 30.2 Å². The number of hydrogen-bond donors (Lipinski definition) is 2. The van der Waals surface area contributed by atoms with Gasteiger partial charge in [-0.1, -0.05) is 30.0 Å². The molecule has 1 aliphatic rings. The van der Waals surface area contributed by atoms with E-state index < -0.39 is 11.8 Å². The molecule has 0 aliphatic heterocycles.